The van der Waals surface area contributed by atoms with Crippen LogP contribution in [0.4, 0.5) is 0 Å². The molecule has 0 aliphatic carbocycles. The molecule has 0 fully saturated rings. The first-order valence-corrected chi connectivity index (χ1v) is 5.51. The van der Waals surface area contributed by atoms with Crippen molar-refractivity contribution in [2.24, 2.45) is 0 Å². The van der Waals surface area contributed by atoms with Crippen molar-refractivity contribution in [3.05, 3.63) is 47.8 Å². The van der Waals surface area contributed by atoms with Crippen LogP contribution in [0.3, 0.4) is 0 Å². The molecule has 16 heavy (non-hydrogen) atoms. The topological polar surface area (TPSA) is 18.5 Å². The lowest BCUT2D eigenvalue weighted by atomic mass is 10.2. The van der Waals surface area contributed by atoms with E-state index in [2.05, 4.69) is 47.7 Å². The van der Waals surface area contributed by atoms with Gasteiger partial charge in [0.2, 0.25) is 0 Å². The summed E-state index contributed by atoms with van der Waals surface area (Å²) in [4.78, 5) is 2.21. The molecule has 0 radical (unpaired) electrons. The zero-order valence-corrected chi connectivity index (χ0v) is 10.6. The molecule has 0 saturated carbocycles. The number of benzene rings is 1. The van der Waals surface area contributed by atoms with E-state index in [0.717, 1.165) is 12.4 Å². The lowest BCUT2D eigenvalue weighted by Gasteiger charge is -2.30. The van der Waals surface area contributed by atoms with Gasteiger partial charge in [-0.3, -0.25) is 5.01 Å². The first-order valence-electron chi connectivity index (χ1n) is 5.51. The molecule has 0 spiro atoms. The van der Waals surface area contributed by atoms with Crippen LogP contribution in [0.1, 0.15) is 12.5 Å². The minimum atomic E-state index is 0.909. The van der Waals surface area contributed by atoms with Crippen molar-refractivity contribution in [3.8, 4) is 0 Å². The Kier molecular flexibility index (Phi) is 4.86. The highest BCUT2D eigenvalue weighted by Crippen LogP contribution is 2.09. The van der Waals surface area contributed by atoms with Gasteiger partial charge in [-0.25, -0.2) is 5.43 Å². The second kappa shape index (κ2) is 6.18. The molecule has 0 aliphatic heterocycles. The van der Waals surface area contributed by atoms with E-state index in [0.29, 0.717) is 0 Å². The zero-order chi connectivity index (χ0) is 12.0. The highest BCUT2D eigenvalue weighted by molar-refractivity contribution is 5.15. The third-order valence-corrected chi connectivity index (χ3v) is 2.59. The summed E-state index contributed by atoms with van der Waals surface area (Å²) in [6.45, 7) is 2.96. The summed E-state index contributed by atoms with van der Waals surface area (Å²) in [5, 5.41) is 2.00. The third kappa shape index (κ3) is 3.28. The quantitative estimate of drug-likeness (QED) is 0.765. The van der Waals surface area contributed by atoms with E-state index in [1.54, 1.807) is 0 Å². The van der Waals surface area contributed by atoms with Gasteiger partial charge in [0.1, 0.15) is 5.82 Å². The molecular weight excluding hydrogens is 198 g/mol. The Morgan fingerprint density at radius 1 is 1.25 bits per heavy atom. The van der Waals surface area contributed by atoms with Gasteiger partial charge in [-0.15, -0.1) is 0 Å². The fourth-order valence-corrected chi connectivity index (χ4v) is 1.72. The van der Waals surface area contributed by atoms with Crippen LogP contribution in [-0.2, 0) is 6.54 Å². The Balaban J connectivity index is 2.67. The van der Waals surface area contributed by atoms with Crippen LogP contribution < -0.4 is 5.43 Å². The minimum absolute atomic E-state index is 0.909. The van der Waals surface area contributed by atoms with Crippen LogP contribution in [0.15, 0.2) is 42.2 Å². The zero-order valence-electron chi connectivity index (χ0n) is 10.6. The average Bonchev–Trinajstić information content (AvgIpc) is 2.31. The number of rotatable bonds is 5. The summed E-state index contributed by atoms with van der Waals surface area (Å²) in [6, 6.07) is 10.5. The van der Waals surface area contributed by atoms with Crippen molar-refractivity contribution in [3.63, 3.8) is 0 Å². The largest absolute Gasteiger partial charge is 0.356 e. The van der Waals surface area contributed by atoms with Crippen LogP contribution in [0.2, 0.25) is 0 Å². The molecule has 0 aliphatic rings. The predicted octanol–water partition coefficient (Wildman–Crippen LogP) is 2.05. The standard InChI is InChI=1S/C13H21N3/c1-5-13(16(4)14-2)15(3)11-12-9-7-6-8-10-12/h5-10,14H,11H2,1-4H3/b13-5-. The van der Waals surface area contributed by atoms with Gasteiger partial charge in [-0.2, -0.15) is 0 Å². The fraction of sp³-hybridized carbons (Fsp3) is 0.385. The van der Waals surface area contributed by atoms with Crippen LogP contribution in [-0.4, -0.2) is 31.1 Å². The fourth-order valence-electron chi connectivity index (χ4n) is 1.72. The molecule has 0 heterocycles. The molecule has 0 saturated heterocycles. The Labute approximate surface area is 98.3 Å². The van der Waals surface area contributed by atoms with Crippen molar-refractivity contribution in [2.45, 2.75) is 13.5 Å². The van der Waals surface area contributed by atoms with Crippen molar-refractivity contribution in [1.29, 1.82) is 0 Å². The molecule has 88 valence electrons. The van der Waals surface area contributed by atoms with Crippen LogP contribution in [0.5, 0.6) is 0 Å². The molecule has 3 nitrogen and oxygen atoms in total. The number of hydrazine groups is 1. The molecule has 1 aromatic carbocycles. The summed E-state index contributed by atoms with van der Waals surface area (Å²) < 4.78 is 0. The number of allylic oxidation sites excluding steroid dienone is 1. The second-order valence-corrected chi connectivity index (χ2v) is 3.77. The summed E-state index contributed by atoms with van der Waals surface area (Å²) in [5.41, 5.74) is 4.42. The highest BCUT2D eigenvalue weighted by atomic mass is 15.5. The maximum Gasteiger partial charge on any atom is 0.114 e. The van der Waals surface area contributed by atoms with E-state index < -0.39 is 0 Å². The molecular formula is C13H21N3. The molecule has 0 unspecified atom stereocenters. The first-order chi connectivity index (χ1) is 7.69. The lowest BCUT2D eigenvalue weighted by molar-refractivity contribution is 0.218. The maximum atomic E-state index is 3.11. The number of nitrogens with one attached hydrogen (secondary N) is 1. The SMILES string of the molecule is C/C=C(/N(C)Cc1ccccc1)N(C)NC. The van der Waals surface area contributed by atoms with Crippen molar-refractivity contribution in [2.75, 3.05) is 21.1 Å². The van der Waals surface area contributed by atoms with Gasteiger partial charge >= 0.3 is 0 Å². The third-order valence-electron chi connectivity index (χ3n) is 2.59. The summed E-state index contributed by atoms with van der Waals surface area (Å²) in [7, 11) is 6.02. The Hall–Kier alpha value is -1.48. The van der Waals surface area contributed by atoms with Crippen molar-refractivity contribution < 1.29 is 0 Å². The number of hydrogen-bond acceptors (Lipinski definition) is 3. The molecule has 3 heteroatoms. The average molecular weight is 219 g/mol. The van der Waals surface area contributed by atoms with E-state index in [1.807, 2.05) is 32.1 Å². The molecule has 0 amide bonds. The molecule has 0 bridgehead atoms. The monoisotopic (exact) mass is 219 g/mol. The van der Waals surface area contributed by atoms with Gasteiger partial charge in [0.25, 0.3) is 0 Å². The highest BCUT2D eigenvalue weighted by Gasteiger charge is 2.07. The lowest BCUT2D eigenvalue weighted by Crippen LogP contribution is -2.37. The smallest absolute Gasteiger partial charge is 0.114 e. The second-order valence-electron chi connectivity index (χ2n) is 3.77. The van der Waals surface area contributed by atoms with Gasteiger partial charge in [0.05, 0.1) is 0 Å². The van der Waals surface area contributed by atoms with Gasteiger partial charge in [-0.1, -0.05) is 30.3 Å². The minimum Gasteiger partial charge on any atom is -0.356 e. The molecule has 1 aromatic rings. The van der Waals surface area contributed by atoms with Gasteiger partial charge < -0.3 is 4.90 Å². The summed E-state index contributed by atoms with van der Waals surface area (Å²) in [5.74, 6) is 1.16. The molecule has 1 rings (SSSR count). The van der Waals surface area contributed by atoms with Crippen LogP contribution >= 0.6 is 0 Å². The van der Waals surface area contributed by atoms with E-state index in [-0.39, 0.29) is 0 Å². The molecule has 1 N–H and O–H groups in total. The van der Waals surface area contributed by atoms with Gasteiger partial charge in [-0.05, 0) is 18.6 Å². The van der Waals surface area contributed by atoms with E-state index in [4.69, 9.17) is 0 Å². The van der Waals surface area contributed by atoms with E-state index >= 15 is 0 Å². The predicted molar refractivity (Wildman–Crippen MR) is 68.5 cm³/mol. The summed E-state index contributed by atoms with van der Waals surface area (Å²) in [6.07, 6.45) is 2.10. The Bertz CT molecular complexity index is 332. The number of nitrogens with zero attached hydrogens (tertiary/aromatic N) is 2. The maximum absolute atomic E-state index is 3.11. The Morgan fingerprint density at radius 3 is 2.38 bits per heavy atom. The van der Waals surface area contributed by atoms with E-state index in [1.165, 1.54) is 5.56 Å². The molecule has 0 atom stereocenters. The van der Waals surface area contributed by atoms with Crippen LogP contribution in [0.25, 0.3) is 0 Å². The Morgan fingerprint density at radius 2 is 1.88 bits per heavy atom. The normalized spacial score (nSPS) is 11.4. The van der Waals surface area contributed by atoms with Crippen LogP contribution in [0, 0.1) is 0 Å². The van der Waals surface area contributed by atoms with E-state index in [9.17, 15) is 0 Å². The number of hydrogen-bond donors (Lipinski definition) is 1. The first kappa shape index (κ1) is 12.6. The van der Waals surface area contributed by atoms with Gasteiger partial charge in [0.15, 0.2) is 0 Å². The van der Waals surface area contributed by atoms with Crippen molar-refractivity contribution in [1.82, 2.24) is 15.3 Å². The van der Waals surface area contributed by atoms with Gasteiger partial charge in [0, 0.05) is 27.7 Å². The molecule has 0 aromatic heterocycles. The van der Waals surface area contributed by atoms with Crippen molar-refractivity contribution >= 4 is 0 Å². The summed E-state index contributed by atoms with van der Waals surface area (Å²) >= 11 is 0.